The molecule has 22 heavy (non-hydrogen) atoms. The number of ether oxygens (including phenoxy) is 1. The summed E-state index contributed by atoms with van der Waals surface area (Å²) < 4.78 is 7.06. The van der Waals surface area contributed by atoms with Crippen LogP contribution in [0, 0.1) is 0 Å². The molecule has 1 aliphatic rings. The van der Waals surface area contributed by atoms with E-state index in [1.807, 2.05) is 6.92 Å². The number of amides is 1. The zero-order chi connectivity index (χ0) is 15.5. The first-order valence-corrected chi connectivity index (χ1v) is 7.48. The van der Waals surface area contributed by atoms with E-state index < -0.39 is 0 Å². The molecule has 0 spiro atoms. The molecule has 2 aromatic rings. The van der Waals surface area contributed by atoms with Crippen LogP contribution in [-0.2, 0) is 0 Å². The molecular formula is C14H16ClN5O2. The maximum Gasteiger partial charge on any atom is 0.255 e. The Morgan fingerprint density at radius 3 is 3.09 bits per heavy atom. The van der Waals surface area contributed by atoms with Crippen LogP contribution in [0.3, 0.4) is 0 Å². The SMILES string of the molecule is CCOc1ncc(C(=O)N2CCC(n3cncn3)C2)cc1Cl. The minimum atomic E-state index is -0.0833. The van der Waals surface area contributed by atoms with Gasteiger partial charge < -0.3 is 9.64 Å². The van der Waals surface area contributed by atoms with Crippen LogP contribution in [0.5, 0.6) is 5.88 Å². The Bertz CT molecular complexity index is 661. The summed E-state index contributed by atoms with van der Waals surface area (Å²) in [7, 11) is 0. The van der Waals surface area contributed by atoms with Crippen molar-refractivity contribution in [3.8, 4) is 5.88 Å². The number of halogens is 1. The lowest BCUT2D eigenvalue weighted by molar-refractivity contribution is 0.0786. The van der Waals surface area contributed by atoms with Crippen molar-refractivity contribution in [2.45, 2.75) is 19.4 Å². The van der Waals surface area contributed by atoms with Crippen LogP contribution in [0.2, 0.25) is 5.02 Å². The molecule has 0 saturated carbocycles. The normalized spacial score (nSPS) is 17.7. The molecule has 3 heterocycles. The van der Waals surface area contributed by atoms with Gasteiger partial charge in [-0.1, -0.05) is 11.6 Å². The molecule has 0 N–H and O–H groups in total. The Kier molecular flexibility index (Phi) is 4.24. The van der Waals surface area contributed by atoms with Gasteiger partial charge in [0.2, 0.25) is 5.88 Å². The second kappa shape index (κ2) is 6.31. The van der Waals surface area contributed by atoms with Crippen LogP contribution in [0.4, 0.5) is 0 Å². The summed E-state index contributed by atoms with van der Waals surface area (Å²) in [5.74, 6) is 0.266. The summed E-state index contributed by atoms with van der Waals surface area (Å²) in [6, 6.07) is 1.77. The average Bonchev–Trinajstić information content (AvgIpc) is 3.19. The van der Waals surface area contributed by atoms with Crippen molar-refractivity contribution >= 4 is 17.5 Å². The first-order chi connectivity index (χ1) is 10.7. The Morgan fingerprint density at radius 2 is 2.41 bits per heavy atom. The van der Waals surface area contributed by atoms with Crippen LogP contribution in [-0.4, -0.2) is 50.3 Å². The Morgan fingerprint density at radius 1 is 1.55 bits per heavy atom. The van der Waals surface area contributed by atoms with Gasteiger partial charge in [-0.2, -0.15) is 5.10 Å². The third-order valence-corrected chi connectivity index (χ3v) is 3.87. The van der Waals surface area contributed by atoms with Gasteiger partial charge in [-0.3, -0.25) is 4.79 Å². The summed E-state index contributed by atoms with van der Waals surface area (Å²) in [6.45, 7) is 3.61. The van der Waals surface area contributed by atoms with Crippen LogP contribution in [0.25, 0.3) is 0 Å². The average molecular weight is 322 g/mol. The van der Waals surface area contributed by atoms with E-state index in [2.05, 4.69) is 15.1 Å². The number of aromatic nitrogens is 4. The van der Waals surface area contributed by atoms with Crippen molar-refractivity contribution in [1.29, 1.82) is 0 Å². The highest BCUT2D eigenvalue weighted by Crippen LogP contribution is 2.25. The monoisotopic (exact) mass is 321 g/mol. The molecule has 2 aromatic heterocycles. The minimum absolute atomic E-state index is 0.0833. The molecule has 1 unspecified atom stereocenters. The van der Waals surface area contributed by atoms with E-state index in [1.165, 1.54) is 12.5 Å². The van der Waals surface area contributed by atoms with Crippen LogP contribution >= 0.6 is 11.6 Å². The molecule has 1 aliphatic heterocycles. The van der Waals surface area contributed by atoms with Gasteiger partial charge in [0.25, 0.3) is 5.91 Å². The summed E-state index contributed by atoms with van der Waals surface area (Å²) in [6.07, 6.45) is 5.53. The molecule has 1 atom stereocenters. The van der Waals surface area contributed by atoms with Gasteiger partial charge in [-0.05, 0) is 19.4 Å². The van der Waals surface area contributed by atoms with E-state index in [0.29, 0.717) is 36.2 Å². The quantitative estimate of drug-likeness (QED) is 0.858. The lowest BCUT2D eigenvalue weighted by Gasteiger charge is -2.17. The van der Waals surface area contributed by atoms with Gasteiger partial charge in [0.1, 0.15) is 17.7 Å². The fourth-order valence-electron chi connectivity index (χ4n) is 2.52. The van der Waals surface area contributed by atoms with E-state index in [0.717, 1.165) is 6.42 Å². The van der Waals surface area contributed by atoms with E-state index in [-0.39, 0.29) is 11.9 Å². The minimum Gasteiger partial charge on any atom is -0.477 e. The summed E-state index contributed by atoms with van der Waals surface area (Å²) in [4.78, 5) is 22.3. The van der Waals surface area contributed by atoms with Gasteiger partial charge in [-0.25, -0.2) is 14.6 Å². The van der Waals surface area contributed by atoms with Crippen molar-refractivity contribution in [2.24, 2.45) is 0 Å². The molecule has 116 valence electrons. The zero-order valence-corrected chi connectivity index (χ0v) is 12.9. The topological polar surface area (TPSA) is 73.1 Å². The molecule has 0 aliphatic carbocycles. The highest BCUT2D eigenvalue weighted by atomic mass is 35.5. The molecule has 1 amide bonds. The molecule has 8 heteroatoms. The highest BCUT2D eigenvalue weighted by Gasteiger charge is 2.29. The smallest absolute Gasteiger partial charge is 0.255 e. The summed E-state index contributed by atoms with van der Waals surface area (Å²) in [5, 5.41) is 4.48. The van der Waals surface area contributed by atoms with E-state index in [4.69, 9.17) is 16.3 Å². The third kappa shape index (κ3) is 2.89. The first-order valence-electron chi connectivity index (χ1n) is 7.10. The maximum absolute atomic E-state index is 12.5. The van der Waals surface area contributed by atoms with Gasteiger partial charge in [0.05, 0.1) is 18.2 Å². The van der Waals surface area contributed by atoms with Gasteiger partial charge in [0.15, 0.2) is 0 Å². The number of pyridine rings is 1. The van der Waals surface area contributed by atoms with E-state index in [1.54, 1.807) is 22.0 Å². The third-order valence-electron chi connectivity index (χ3n) is 3.60. The largest absolute Gasteiger partial charge is 0.477 e. The fourth-order valence-corrected chi connectivity index (χ4v) is 2.74. The fraction of sp³-hybridized carbons (Fsp3) is 0.429. The molecule has 3 rings (SSSR count). The molecule has 0 radical (unpaired) electrons. The molecule has 0 aromatic carbocycles. The van der Waals surface area contributed by atoms with Crippen LogP contribution in [0.15, 0.2) is 24.9 Å². The van der Waals surface area contributed by atoms with E-state index >= 15 is 0 Å². The second-order valence-electron chi connectivity index (χ2n) is 5.01. The molecule has 0 bridgehead atoms. The number of hydrogen-bond donors (Lipinski definition) is 0. The standard InChI is InChI=1S/C14H16ClN5O2/c1-2-22-13-12(15)5-10(6-17-13)14(21)19-4-3-11(7-19)20-9-16-8-18-20/h5-6,8-9,11H,2-4,7H2,1H3. The maximum atomic E-state index is 12.5. The summed E-state index contributed by atoms with van der Waals surface area (Å²) >= 11 is 6.09. The molecule has 1 fully saturated rings. The zero-order valence-electron chi connectivity index (χ0n) is 12.1. The summed E-state index contributed by atoms with van der Waals surface area (Å²) in [5.41, 5.74) is 0.465. The van der Waals surface area contributed by atoms with E-state index in [9.17, 15) is 4.79 Å². The van der Waals surface area contributed by atoms with Crippen molar-refractivity contribution in [2.75, 3.05) is 19.7 Å². The number of nitrogens with zero attached hydrogens (tertiary/aromatic N) is 5. The lowest BCUT2D eigenvalue weighted by atomic mass is 10.2. The van der Waals surface area contributed by atoms with Crippen LogP contribution < -0.4 is 4.74 Å². The Labute approximate surface area is 132 Å². The van der Waals surface area contributed by atoms with Crippen molar-refractivity contribution in [3.63, 3.8) is 0 Å². The van der Waals surface area contributed by atoms with Gasteiger partial charge in [0, 0.05) is 19.3 Å². The number of carbonyl (C=O) groups excluding carboxylic acids is 1. The lowest BCUT2D eigenvalue weighted by Crippen LogP contribution is -2.29. The van der Waals surface area contributed by atoms with Gasteiger partial charge >= 0.3 is 0 Å². The Hall–Kier alpha value is -2.15. The second-order valence-corrected chi connectivity index (χ2v) is 5.42. The molecule has 7 nitrogen and oxygen atoms in total. The highest BCUT2D eigenvalue weighted by molar-refractivity contribution is 6.32. The first kappa shape index (κ1) is 14.8. The number of hydrogen-bond acceptors (Lipinski definition) is 5. The number of carbonyl (C=O) groups is 1. The van der Waals surface area contributed by atoms with Crippen LogP contribution in [0.1, 0.15) is 29.7 Å². The number of likely N-dealkylation sites (tertiary alicyclic amines) is 1. The number of rotatable bonds is 4. The van der Waals surface area contributed by atoms with Crippen molar-refractivity contribution in [1.82, 2.24) is 24.6 Å². The molecular weight excluding hydrogens is 306 g/mol. The predicted octanol–water partition coefficient (Wildman–Crippen LogP) is 1.81. The van der Waals surface area contributed by atoms with Gasteiger partial charge in [-0.15, -0.1) is 0 Å². The predicted molar refractivity (Wildman–Crippen MR) is 80.0 cm³/mol. The Balaban J connectivity index is 1.71. The molecule has 1 saturated heterocycles. The van der Waals surface area contributed by atoms with Crippen molar-refractivity contribution < 1.29 is 9.53 Å². The van der Waals surface area contributed by atoms with Crippen molar-refractivity contribution in [3.05, 3.63) is 35.5 Å².